The number of hydrogen-bond acceptors (Lipinski definition) is 3. The first kappa shape index (κ1) is 15.9. The molecule has 25 heavy (non-hydrogen) atoms. The van der Waals surface area contributed by atoms with Crippen molar-refractivity contribution in [1.82, 2.24) is 19.4 Å². The monoisotopic (exact) mass is 338 g/mol. The van der Waals surface area contributed by atoms with E-state index in [2.05, 4.69) is 10.3 Å². The molecule has 4 rings (SSSR count). The van der Waals surface area contributed by atoms with Crippen LogP contribution >= 0.6 is 0 Å². The Hall–Kier alpha value is -2.60. The minimum absolute atomic E-state index is 0.0614. The van der Waals surface area contributed by atoms with Gasteiger partial charge in [0, 0.05) is 30.7 Å². The number of nitrogens with zero attached hydrogens (tertiary/aromatic N) is 3. The number of rotatable bonds is 5. The molecule has 1 fully saturated rings. The van der Waals surface area contributed by atoms with Crippen molar-refractivity contribution >= 4 is 16.8 Å². The summed E-state index contributed by atoms with van der Waals surface area (Å²) in [6.07, 6.45) is 8.40. The zero-order chi connectivity index (χ0) is 17.2. The van der Waals surface area contributed by atoms with Gasteiger partial charge >= 0.3 is 0 Å². The molecule has 0 saturated heterocycles. The van der Waals surface area contributed by atoms with Crippen LogP contribution in [0, 0.1) is 5.92 Å². The Kier molecular flexibility index (Phi) is 4.28. The van der Waals surface area contributed by atoms with Gasteiger partial charge in [-0.2, -0.15) is 0 Å². The van der Waals surface area contributed by atoms with Gasteiger partial charge in [-0.1, -0.05) is 18.2 Å². The summed E-state index contributed by atoms with van der Waals surface area (Å²) < 4.78 is 3.96. The van der Waals surface area contributed by atoms with Crippen molar-refractivity contribution in [3.8, 4) is 0 Å². The van der Waals surface area contributed by atoms with Crippen LogP contribution in [0.25, 0.3) is 10.9 Å². The Bertz CT molecular complexity index is 855. The van der Waals surface area contributed by atoms with Gasteiger partial charge in [0.25, 0.3) is 0 Å². The minimum atomic E-state index is -0.487. The fraction of sp³-hybridized carbons (Fsp3) is 0.368. The number of hydrogen-bond donors (Lipinski definition) is 2. The van der Waals surface area contributed by atoms with E-state index in [-0.39, 0.29) is 18.5 Å². The molecule has 3 atom stereocenters. The van der Waals surface area contributed by atoms with Crippen LogP contribution in [-0.2, 0) is 17.9 Å². The molecule has 1 amide bonds. The highest BCUT2D eigenvalue weighted by molar-refractivity contribution is 5.83. The van der Waals surface area contributed by atoms with Crippen molar-refractivity contribution in [2.24, 2.45) is 5.92 Å². The predicted molar refractivity (Wildman–Crippen MR) is 94.8 cm³/mol. The Labute approximate surface area is 146 Å². The summed E-state index contributed by atoms with van der Waals surface area (Å²) in [4.78, 5) is 16.5. The normalized spacial score (nSPS) is 23.2. The van der Waals surface area contributed by atoms with Crippen molar-refractivity contribution < 1.29 is 9.90 Å². The summed E-state index contributed by atoms with van der Waals surface area (Å²) in [5.41, 5.74) is 1.04. The van der Waals surface area contributed by atoms with Crippen molar-refractivity contribution in [1.29, 1.82) is 0 Å². The molecule has 1 saturated carbocycles. The van der Waals surface area contributed by atoms with Gasteiger partial charge in [0.05, 0.1) is 18.5 Å². The van der Waals surface area contributed by atoms with Crippen LogP contribution in [0.2, 0.25) is 0 Å². The van der Waals surface area contributed by atoms with Crippen molar-refractivity contribution in [2.75, 3.05) is 0 Å². The van der Waals surface area contributed by atoms with E-state index >= 15 is 0 Å². The van der Waals surface area contributed by atoms with Crippen molar-refractivity contribution in [3.63, 3.8) is 0 Å². The summed E-state index contributed by atoms with van der Waals surface area (Å²) in [6, 6.07) is 9.83. The minimum Gasteiger partial charge on any atom is -0.391 e. The lowest BCUT2D eigenvalue weighted by Gasteiger charge is -2.17. The van der Waals surface area contributed by atoms with E-state index < -0.39 is 6.10 Å². The molecular weight excluding hydrogens is 316 g/mol. The molecule has 130 valence electrons. The van der Waals surface area contributed by atoms with Gasteiger partial charge in [-0.3, -0.25) is 4.79 Å². The number of fused-ring (bicyclic) bond motifs is 1. The Morgan fingerprint density at radius 3 is 2.96 bits per heavy atom. The third-order valence-electron chi connectivity index (χ3n) is 5.00. The fourth-order valence-electron chi connectivity index (χ4n) is 3.80. The maximum absolute atomic E-state index is 12.4. The smallest absolute Gasteiger partial charge is 0.240 e. The standard InChI is InChI=1S/C19H22N4O2/c24-18-10-14(11-22-8-6-20-13-22)9-16(18)21-19(25)12-23-7-5-15-3-1-2-4-17(15)23/h1-8,13-14,16,18,24H,9-12H2,(H,21,25)/t14?,16-,18-/m1/s1. The number of para-hydroxylation sites is 1. The molecule has 1 aliphatic rings. The number of aliphatic hydroxyl groups excluding tert-OH is 1. The summed E-state index contributed by atoms with van der Waals surface area (Å²) >= 11 is 0. The average molecular weight is 338 g/mol. The van der Waals surface area contributed by atoms with E-state index in [1.807, 2.05) is 51.9 Å². The van der Waals surface area contributed by atoms with Gasteiger partial charge in [0.1, 0.15) is 6.54 Å². The summed E-state index contributed by atoms with van der Waals surface area (Å²) in [5.74, 6) is 0.288. The SMILES string of the molecule is O=C(Cn1ccc2ccccc21)N[C@@H]1CC(Cn2ccnc2)C[C@H]1O. The zero-order valence-corrected chi connectivity index (χ0v) is 14.0. The van der Waals surface area contributed by atoms with E-state index in [1.165, 1.54) is 0 Å². The number of aliphatic hydroxyl groups is 1. The predicted octanol–water partition coefficient (Wildman–Crippen LogP) is 1.79. The first-order valence-corrected chi connectivity index (χ1v) is 8.66. The molecule has 6 heteroatoms. The second-order valence-corrected chi connectivity index (χ2v) is 6.84. The number of amides is 1. The Morgan fingerprint density at radius 1 is 1.24 bits per heavy atom. The molecule has 0 aliphatic heterocycles. The van der Waals surface area contributed by atoms with Crippen molar-refractivity contribution in [2.45, 2.75) is 38.1 Å². The zero-order valence-electron chi connectivity index (χ0n) is 14.0. The lowest BCUT2D eigenvalue weighted by Crippen LogP contribution is -2.41. The molecule has 1 aliphatic carbocycles. The number of aromatic nitrogens is 3. The molecule has 1 aromatic carbocycles. The average Bonchev–Trinajstić information content (AvgIpc) is 3.31. The summed E-state index contributed by atoms with van der Waals surface area (Å²) in [7, 11) is 0. The number of nitrogens with one attached hydrogen (secondary N) is 1. The van der Waals surface area contributed by atoms with Gasteiger partial charge in [-0.25, -0.2) is 4.98 Å². The maximum Gasteiger partial charge on any atom is 0.240 e. The molecular formula is C19H22N4O2. The van der Waals surface area contributed by atoms with Crippen LogP contribution in [0.4, 0.5) is 0 Å². The number of carbonyl (C=O) groups is 1. The Morgan fingerprint density at radius 2 is 2.12 bits per heavy atom. The highest BCUT2D eigenvalue weighted by Gasteiger charge is 2.34. The molecule has 2 N–H and O–H groups in total. The van der Waals surface area contributed by atoms with Crippen LogP contribution in [0.3, 0.4) is 0 Å². The van der Waals surface area contributed by atoms with Crippen molar-refractivity contribution in [3.05, 3.63) is 55.2 Å². The number of benzene rings is 1. The van der Waals surface area contributed by atoms with E-state index in [9.17, 15) is 9.90 Å². The summed E-state index contributed by atoms with van der Waals surface area (Å²) in [6.45, 7) is 1.09. The van der Waals surface area contributed by atoms with E-state index in [1.54, 1.807) is 12.5 Å². The second kappa shape index (κ2) is 6.72. The van der Waals surface area contributed by atoms with Crippen LogP contribution in [0.5, 0.6) is 0 Å². The van der Waals surface area contributed by atoms with Gasteiger partial charge in [0.2, 0.25) is 5.91 Å². The maximum atomic E-state index is 12.4. The van der Waals surface area contributed by atoms with Gasteiger partial charge in [-0.15, -0.1) is 0 Å². The van der Waals surface area contributed by atoms with Crippen LogP contribution in [-0.4, -0.2) is 37.3 Å². The molecule has 3 aromatic rings. The fourth-order valence-corrected chi connectivity index (χ4v) is 3.80. The molecule has 2 aromatic heterocycles. The van der Waals surface area contributed by atoms with Gasteiger partial charge < -0.3 is 19.6 Å². The van der Waals surface area contributed by atoms with Crippen LogP contribution < -0.4 is 5.32 Å². The molecule has 0 bridgehead atoms. The first-order valence-electron chi connectivity index (χ1n) is 8.66. The molecule has 1 unspecified atom stereocenters. The Balaban J connectivity index is 1.36. The van der Waals surface area contributed by atoms with Crippen LogP contribution in [0.15, 0.2) is 55.2 Å². The topological polar surface area (TPSA) is 72.1 Å². The largest absolute Gasteiger partial charge is 0.391 e. The van der Waals surface area contributed by atoms with Crippen LogP contribution in [0.1, 0.15) is 12.8 Å². The molecule has 6 nitrogen and oxygen atoms in total. The summed E-state index contributed by atoms with van der Waals surface area (Å²) in [5, 5.41) is 14.4. The lowest BCUT2D eigenvalue weighted by atomic mass is 10.1. The molecule has 2 heterocycles. The van der Waals surface area contributed by atoms with E-state index in [4.69, 9.17) is 0 Å². The first-order chi connectivity index (χ1) is 12.2. The quantitative estimate of drug-likeness (QED) is 0.745. The third-order valence-corrected chi connectivity index (χ3v) is 5.00. The number of carbonyl (C=O) groups excluding carboxylic acids is 1. The highest BCUT2D eigenvalue weighted by atomic mass is 16.3. The molecule has 0 radical (unpaired) electrons. The second-order valence-electron chi connectivity index (χ2n) is 6.84. The molecule has 0 spiro atoms. The highest BCUT2D eigenvalue weighted by Crippen LogP contribution is 2.27. The van der Waals surface area contributed by atoms with Gasteiger partial charge in [0.15, 0.2) is 0 Å². The third kappa shape index (κ3) is 3.44. The number of imidazole rings is 1. The van der Waals surface area contributed by atoms with E-state index in [0.29, 0.717) is 12.3 Å². The van der Waals surface area contributed by atoms with E-state index in [0.717, 1.165) is 23.9 Å². The lowest BCUT2D eigenvalue weighted by molar-refractivity contribution is -0.122. The van der Waals surface area contributed by atoms with Gasteiger partial charge in [-0.05, 0) is 36.3 Å².